The summed E-state index contributed by atoms with van der Waals surface area (Å²) < 4.78 is 21.7. The molecule has 0 fully saturated rings. The molecule has 11 aromatic carbocycles. The summed E-state index contributed by atoms with van der Waals surface area (Å²) in [7, 11) is 0. The number of para-hydroxylation sites is 3. The molecule has 0 aliphatic rings. The van der Waals surface area contributed by atoms with Crippen LogP contribution in [0.2, 0.25) is 0 Å². The van der Waals surface area contributed by atoms with Gasteiger partial charge in [-0.3, -0.25) is 0 Å². The topological polar surface area (TPSA) is 83.0 Å². The van der Waals surface area contributed by atoms with E-state index in [1.165, 1.54) is 32.7 Å². The summed E-state index contributed by atoms with van der Waals surface area (Å²) in [6, 6.07) is 80.6. The molecule has 0 aliphatic carbocycles. The van der Waals surface area contributed by atoms with Crippen LogP contribution in [0.3, 0.4) is 0 Å². The first-order valence-electron chi connectivity index (χ1n) is 24.8. The lowest BCUT2D eigenvalue weighted by Crippen LogP contribution is -2.02. The highest BCUT2D eigenvalue weighted by Crippen LogP contribution is 2.45. The highest BCUT2D eigenvalue weighted by Gasteiger charge is 2.24. The molecule has 344 valence electrons. The highest BCUT2D eigenvalue weighted by atomic mass is 16.3. The second kappa shape index (κ2) is 15.7. The molecule has 0 saturated heterocycles. The zero-order valence-electron chi connectivity index (χ0n) is 39.5. The van der Waals surface area contributed by atoms with Gasteiger partial charge in [-0.25, -0.2) is 15.0 Å². The lowest BCUT2D eigenvalue weighted by Gasteiger charge is -2.16. The SMILES string of the molecule is c1ccc(-c2cccc3c2c2cc4ccccc4cc2n3-c2ccc(-c3nc(-c4cccc5oc6ccccc6c45)nc(-c4cccc5oc6ccccc6c45)n3)c(-c3ccc4oc5ccccc5c4c3)c2)cc1. The van der Waals surface area contributed by atoms with Crippen molar-refractivity contribution in [2.75, 3.05) is 0 Å². The normalized spacial score (nSPS) is 12.1. The van der Waals surface area contributed by atoms with Gasteiger partial charge in [-0.2, -0.15) is 0 Å². The summed E-state index contributed by atoms with van der Waals surface area (Å²) in [4.78, 5) is 16.4. The number of nitrogens with zero attached hydrogens (tertiary/aromatic N) is 4. The van der Waals surface area contributed by atoms with E-state index in [0.29, 0.717) is 17.5 Å². The van der Waals surface area contributed by atoms with Gasteiger partial charge in [0.1, 0.15) is 33.5 Å². The van der Waals surface area contributed by atoms with Crippen molar-refractivity contribution >= 4 is 98.4 Å². The first-order chi connectivity index (χ1) is 36.7. The summed E-state index contributed by atoms with van der Waals surface area (Å²) in [5, 5.41) is 10.7. The molecular weight excluding hydrogens is 909 g/mol. The molecule has 74 heavy (non-hydrogen) atoms. The van der Waals surface area contributed by atoms with Gasteiger partial charge in [0.25, 0.3) is 0 Å². The number of hydrogen-bond donors (Lipinski definition) is 0. The van der Waals surface area contributed by atoms with Crippen LogP contribution in [0.1, 0.15) is 0 Å². The van der Waals surface area contributed by atoms with Gasteiger partial charge in [0.15, 0.2) is 17.5 Å². The van der Waals surface area contributed by atoms with Crippen LogP contribution in [0.4, 0.5) is 0 Å². The third-order valence-corrected chi connectivity index (χ3v) is 14.9. The van der Waals surface area contributed by atoms with E-state index in [0.717, 1.165) is 110 Å². The third kappa shape index (κ3) is 6.10. The average molecular weight is 947 g/mol. The first kappa shape index (κ1) is 40.6. The molecule has 0 radical (unpaired) electrons. The zero-order valence-corrected chi connectivity index (χ0v) is 39.5. The molecule has 7 nitrogen and oxygen atoms in total. The van der Waals surface area contributed by atoms with Crippen molar-refractivity contribution in [3.8, 4) is 62.1 Å². The molecule has 16 rings (SSSR count). The first-order valence-corrected chi connectivity index (χ1v) is 24.8. The Morgan fingerprint density at radius 3 is 1.49 bits per heavy atom. The van der Waals surface area contributed by atoms with Crippen molar-refractivity contribution in [3.05, 3.63) is 231 Å². The van der Waals surface area contributed by atoms with E-state index in [1.54, 1.807) is 0 Å². The Balaban J connectivity index is 1.01. The molecule has 0 atom stereocenters. The second-order valence-electron chi connectivity index (χ2n) is 19.0. The molecule has 5 heterocycles. The van der Waals surface area contributed by atoms with Gasteiger partial charge in [0.05, 0.1) is 11.0 Å². The predicted octanol–water partition coefficient (Wildman–Crippen LogP) is 18.2. The Bertz CT molecular complexity index is 4850. The maximum Gasteiger partial charge on any atom is 0.164 e. The van der Waals surface area contributed by atoms with Crippen LogP contribution in [-0.2, 0) is 0 Å². The molecule has 7 heteroatoms. The smallest absolute Gasteiger partial charge is 0.164 e. The molecule has 0 bridgehead atoms. The van der Waals surface area contributed by atoms with E-state index in [9.17, 15) is 0 Å². The van der Waals surface area contributed by atoms with Gasteiger partial charge in [0.2, 0.25) is 0 Å². The number of hydrogen-bond acceptors (Lipinski definition) is 6. The van der Waals surface area contributed by atoms with Gasteiger partial charge in [-0.1, -0.05) is 152 Å². The van der Waals surface area contributed by atoms with E-state index in [-0.39, 0.29) is 0 Å². The van der Waals surface area contributed by atoms with Crippen LogP contribution >= 0.6 is 0 Å². The fraction of sp³-hybridized carbons (Fsp3) is 0. The maximum atomic E-state index is 6.45. The molecule has 0 saturated carbocycles. The van der Waals surface area contributed by atoms with Crippen LogP contribution in [0.15, 0.2) is 244 Å². The number of furan rings is 3. The maximum absolute atomic E-state index is 6.45. The minimum atomic E-state index is 0.526. The van der Waals surface area contributed by atoms with Gasteiger partial charge in [-0.15, -0.1) is 0 Å². The van der Waals surface area contributed by atoms with Crippen molar-refractivity contribution in [2.45, 2.75) is 0 Å². The Morgan fingerprint density at radius 1 is 0.270 bits per heavy atom. The van der Waals surface area contributed by atoms with Crippen LogP contribution in [-0.4, -0.2) is 19.5 Å². The number of fused-ring (bicyclic) bond motifs is 13. The quantitative estimate of drug-likeness (QED) is 0.165. The van der Waals surface area contributed by atoms with Crippen molar-refractivity contribution < 1.29 is 13.3 Å². The Kier molecular flexibility index (Phi) is 8.61. The fourth-order valence-corrected chi connectivity index (χ4v) is 11.5. The van der Waals surface area contributed by atoms with Crippen molar-refractivity contribution in [1.82, 2.24) is 19.5 Å². The molecule has 0 spiro atoms. The predicted molar refractivity (Wildman–Crippen MR) is 301 cm³/mol. The van der Waals surface area contributed by atoms with Crippen LogP contribution in [0.5, 0.6) is 0 Å². The van der Waals surface area contributed by atoms with E-state index >= 15 is 0 Å². The van der Waals surface area contributed by atoms with Gasteiger partial charge >= 0.3 is 0 Å². The highest BCUT2D eigenvalue weighted by molar-refractivity contribution is 6.19. The van der Waals surface area contributed by atoms with E-state index < -0.39 is 0 Å². The molecule has 0 amide bonds. The third-order valence-electron chi connectivity index (χ3n) is 14.9. The van der Waals surface area contributed by atoms with Crippen LogP contribution < -0.4 is 0 Å². The summed E-state index contributed by atoms with van der Waals surface area (Å²) in [5.41, 5.74) is 14.8. The standard InChI is InChI=1S/C67H38N4O3/c1-2-15-39(16-3-1)44-22-12-25-54-62(44)53-35-40-17-4-5-18-41(40)37-55(53)71(54)43-32-33-46(51(38-43)42-31-34-59-52(36-42)45-19-6-9-26-56(45)72-59)65-68-66(49-23-13-29-60-63(49)47-20-7-10-27-57(47)73-60)70-67(69-65)50-24-14-30-61-64(50)48-21-8-11-28-58(48)74-61/h1-38H. The Labute approximate surface area is 421 Å². The average Bonchev–Trinajstić information content (AvgIpc) is 4.25. The van der Waals surface area contributed by atoms with Gasteiger partial charge < -0.3 is 17.8 Å². The molecule has 0 aliphatic heterocycles. The minimum absolute atomic E-state index is 0.526. The van der Waals surface area contributed by atoms with Crippen molar-refractivity contribution in [3.63, 3.8) is 0 Å². The molecular formula is C67H38N4O3. The fourth-order valence-electron chi connectivity index (χ4n) is 11.5. The van der Waals surface area contributed by atoms with E-state index in [4.69, 9.17) is 28.2 Å². The van der Waals surface area contributed by atoms with Crippen molar-refractivity contribution in [1.29, 1.82) is 0 Å². The molecule has 0 unspecified atom stereocenters. The minimum Gasteiger partial charge on any atom is -0.456 e. The summed E-state index contributed by atoms with van der Waals surface area (Å²) in [6.07, 6.45) is 0. The Morgan fingerprint density at radius 2 is 0.797 bits per heavy atom. The monoisotopic (exact) mass is 946 g/mol. The number of aromatic nitrogens is 4. The Hall–Kier alpha value is -10.1. The van der Waals surface area contributed by atoms with E-state index in [1.807, 2.05) is 72.8 Å². The lowest BCUT2D eigenvalue weighted by atomic mass is 9.96. The van der Waals surface area contributed by atoms with Gasteiger partial charge in [-0.05, 0) is 112 Å². The van der Waals surface area contributed by atoms with E-state index in [2.05, 4.69) is 162 Å². The summed E-state index contributed by atoms with van der Waals surface area (Å²) in [6.45, 7) is 0. The zero-order chi connectivity index (χ0) is 48.4. The number of benzene rings is 11. The number of rotatable bonds is 6. The van der Waals surface area contributed by atoms with Gasteiger partial charge in [0, 0.05) is 65.5 Å². The lowest BCUT2D eigenvalue weighted by molar-refractivity contribution is 0.668. The molecule has 0 N–H and O–H groups in total. The molecule has 5 aromatic heterocycles. The summed E-state index contributed by atoms with van der Waals surface area (Å²) >= 11 is 0. The summed E-state index contributed by atoms with van der Waals surface area (Å²) in [5.74, 6) is 1.58. The second-order valence-corrected chi connectivity index (χ2v) is 19.0. The largest absolute Gasteiger partial charge is 0.456 e. The van der Waals surface area contributed by atoms with Crippen molar-refractivity contribution in [2.24, 2.45) is 0 Å². The molecule has 16 aromatic rings. The van der Waals surface area contributed by atoms with Crippen LogP contribution in [0.25, 0.3) is 160 Å². The van der Waals surface area contributed by atoms with Crippen LogP contribution in [0, 0.1) is 0 Å².